The van der Waals surface area contributed by atoms with Crippen molar-refractivity contribution >= 4 is 0 Å². The molecular formula is C20H25F5. The molecule has 1 aromatic carbocycles. The van der Waals surface area contributed by atoms with Crippen molar-refractivity contribution in [1.82, 2.24) is 0 Å². The van der Waals surface area contributed by atoms with Crippen LogP contribution in [0.25, 0.3) is 0 Å². The Morgan fingerprint density at radius 3 is 1.96 bits per heavy atom. The third-order valence-electron chi connectivity index (χ3n) is 5.17. The van der Waals surface area contributed by atoms with E-state index in [1.807, 2.05) is 6.92 Å². The first-order chi connectivity index (χ1) is 11.8. The first kappa shape index (κ1) is 19.9. The molecule has 0 atom stereocenters. The zero-order valence-electron chi connectivity index (χ0n) is 14.5. The highest BCUT2D eigenvalue weighted by molar-refractivity contribution is 5.28. The first-order valence-electron chi connectivity index (χ1n) is 8.97. The fourth-order valence-corrected chi connectivity index (χ4v) is 3.72. The summed E-state index contributed by atoms with van der Waals surface area (Å²) in [7, 11) is 0. The van der Waals surface area contributed by atoms with Gasteiger partial charge in [-0.15, -0.1) is 0 Å². The van der Waals surface area contributed by atoms with E-state index < -0.39 is 23.4 Å². The number of aryl methyl sites for hydroxylation is 1. The summed E-state index contributed by atoms with van der Waals surface area (Å²) in [4.78, 5) is 0. The van der Waals surface area contributed by atoms with Crippen LogP contribution in [-0.2, 0) is 12.6 Å². The monoisotopic (exact) mass is 360 g/mol. The lowest BCUT2D eigenvalue weighted by Crippen LogP contribution is -2.15. The second kappa shape index (κ2) is 8.81. The van der Waals surface area contributed by atoms with Crippen molar-refractivity contribution in [2.45, 2.75) is 64.5 Å². The molecule has 140 valence electrons. The number of rotatable bonds is 6. The van der Waals surface area contributed by atoms with E-state index in [2.05, 4.69) is 12.2 Å². The van der Waals surface area contributed by atoms with Gasteiger partial charge in [0.1, 0.15) is 17.2 Å². The zero-order valence-corrected chi connectivity index (χ0v) is 14.5. The van der Waals surface area contributed by atoms with Crippen LogP contribution in [0.5, 0.6) is 0 Å². The smallest absolute Gasteiger partial charge is 0.206 e. The fourth-order valence-electron chi connectivity index (χ4n) is 3.72. The number of hydrogen-bond donors (Lipinski definition) is 0. The molecule has 1 aliphatic carbocycles. The highest BCUT2D eigenvalue weighted by Gasteiger charge is 2.37. The second-order valence-electron chi connectivity index (χ2n) is 7.00. The summed E-state index contributed by atoms with van der Waals surface area (Å²) in [6.07, 6.45) is 7.24. The maximum absolute atomic E-state index is 13.6. The first-order valence-corrected chi connectivity index (χ1v) is 8.97. The van der Waals surface area contributed by atoms with Gasteiger partial charge in [-0.1, -0.05) is 37.8 Å². The lowest BCUT2D eigenvalue weighted by Gasteiger charge is -2.28. The molecule has 5 heteroatoms. The molecule has 0 bridgehead atoms. The average Bonchev–Trinajstić information content (AvgIpc) is 2.52. The van der Waals surface area contributed by atoms with Crippen molar-refractivity contribution in [3.63, 3.8) is 0 Å². The molecule has 2 rings (SSSR count). The third-order valence-corrected chi connectivity index (χ3v) is 5.17. The van der Waals surface area contributed by atoms with Gasteiger partial charge in [0.25, 0.3) is 0 Å². The van der Waals surface area contributed by atoms with Gasteiger partial charge in [-0.2, -0.15) is 13.2 Å². The van der Waals surface area contributed by atoms with Gasteiger partial charge in [0, 0.05) is 0 Å². The molecule has 0 aliphatic heterocycles. The Labute approximate surface area is 146 Å². The van der Waals surface area contributed by atoms with Crippen molar-refractivity contribution in [3.05, 3.63) is 47.0 Å². The molecule has 0 nitrogen and oxygen atoms in total. The van der Waals surface area contributed by atoms with E-state index in [0.717, 1.165) is 56.6 Å². The van der Waals surface area contributed by atoms with Gasteiger partial charge in [-0.3, -0.25) is 0 Å². The topological polar surface area (TPSA) is 0 Å². The lowest BCUT2D eigenvalue weighted by molar-refractivity contribution is -0.142. The van der Waals surface area contributed by atoms with Crippen LogP contribution in [0.1, 0.15) is 63.0 Å². The Morgan fingerprint density at radius 2 is 1.48 bits per heavy atom. The average molecular weight is 360 g/mol. The summed E-state index contributed by atoms with van der Waals surface area (Å²) >= 11 is 0. The second-order valence-corrected chi connectivity index (χ2v) is 7.00. The van der Waals surface area contributed by atoms with Crippen molar-refractivity contribution < 1.29 is 22.0 Å². The molecule has 0 N–H and O–H groups in total. The summed E-state index contributed by atoms with van der Waals surface area (Å²) < 4.78 is 65.0. The molecular weight excluding hydrogens is 335 g/mol. The highest BCUT2D eigenvalue weighted by atomic mass is 19.4. The van der Waals surface area contributed by atoms with Crippen molar-refractivity contribution in [2.24, 2.45) is 11.8 Å². The maximum Gasteiger partial charge on any atom is 0.422 e. The Bertz CT molecular complexity index is 557. The molecule has 1 aliphatic rings. The van der Waals surface area contributed by atoms with Crippen molar-refractivity contribution in [1.29, 1.82) is 0 Å². The summed E-state index contributed by atoms with van der Waals surface area (Å²) in [6, 6.07) is 1.66. The van der Waals surface area contributed by atoms with Gasteiger partial charge in [-0.25, -0.2) is 8.78 Å². The van der Waals surface area contributed by atoms with Crippen LogP contribution in [0.4, 0.5) is 22.0 Å². The normalized spacial score (nSPS) is 21.8. The van der Waals surface area contributed by atoms with Crippen molar-refractivity contribution in [2.75, 3.05) is 0 Å². The minimum absolute atomic E-state index is 0.304. The van der Waals surface area contributed by atoms with Crippen LogP contribution in [-0.4, -0.2) is 0 Å². The Balaban J connectivity index is 1.85. The highest BCUT2D eigenvalue weighted by Crippen LogP contribution is 2.36. The van der Waals surface area contributed by atoms with Gasteiger partial charge >= 0.3 is 6.18 Å². The van der Waals surface area contributed by atoms with Gasteiger partial charge in [-0.05, 0) is 62.1 Å². The summed E-state index contributed by atoms with van der Waals surface area (Å²) in [5, 5.41) is 0. The van der Waals surface area contributed by atoms with E-state index >= 15 is 0 Å². The molecule has 0 spiro atoms. The van der Waals surface area contributed by atoms with Gasteiger partial charge in [0.05, 0.1) is 0 Å². The molecule has 0 unspecified atom stereocenters. The lowest BCUT2D eigenvalue weighted by atomic mass is 9.78. The molecule has 0 saturated heterocycles. The maximum atomic E-state index is 13.6. The molecule has 0 amide bonds. The van der Waals surface area contributed by atoms with Crippen LogP contribution >= 0.6 is 0 Å². The van der Waals surface area contributed by atoms with Crippen LogP contribution in [0, 0.1) is 23.5 Å². The molecule has 1 saturated carbocycles. The van der Waals surface area contributed by atoms with Crippen LogP contribution < -0.4 is 0 Å². The minimum atomic E-state index is -5.00. The Kier molecular flexibility index (Phi) is 7.03. The number of allylic oxidation sites excluding steroid dienone is 2. The molecule has 0 aromatic heterocycles. The van der Waals surface area contributed by atoms with E-state index in [9.17, 15) is 22.0 Å². The predicted octanol–water partition coefficient (Wildman–Crippen LogP) is 7.08. The van der Waals surface area contributed by atoms with Crippen LogP contribution in [0.3, 0.4) is 0 Å². The largest absolute Gasteiger partial charge is 0.422 e. The van der Waals surface area contributed by atoms with Crippen molar-refractivity contribution in [3.8, 4) is 0 Å². The molecule has 0 heterocycles. The SMILES string of the molecule is CC=CCCC1CCC(CCc2cc(F)c(C(F)(F)F)c(F)c2)CC1. The Hall–Kier alpha value is -1.39. The number of alkyl halides is 3. The summed E-state index contributed by atoms with van der Waals surface area (Å²) in [5.41, 5.74) is -1.49. The van der Waals surface area contributed by atoms with Crippen LogP contribution in [0.2, 0.25) is 0 Å². The van der Waals surface area contributed by atoms with E-state index in [4.69, 9.17) is 0 Å². The van der Waals surface area contributed by atoms with Gasteiger partial charge < -0.3 is 0 Å². The quantitative estimate of drug-likeness (QED) is 0.376. The molecule has 1 fully saturated rings. The van der Waals surface area contributed by atoms with E-state index in [-0.39, 0.29) is 0 Å². The van der Waals surface area contributed by atoms with Gasteiger partial charge in [0.15, 0.2) is 0 Å². The van der Waals surface area contributed by atoms with Crippen LogP contribution in [0.15, 0.2) is 24.3 Å². The zero-order chi connectivity index (χ0) is 18.4. The number of benzene rings is 1. The van der Waals surface area contributed by atoms with Gasteiger partial charge in [0.2, 0.25) is 0 Å². The summed E-state index contributed by atoms with van der Waals surface area (Å²) in [6.45, 7) is 2.02. The third kappa shape index (κ3) is 5.82. The minimum Gasteiger partial charge on any atom is -0.206 e. The molecule has 1 aromatic rings. The Morgan fingerprint density at radius 1 is 0.960 bits per heavy atom. The molecule has 25 heavy (non-hydrogen) atoms. The fraction of sp³-hybridized carbons (Fsp3) is 0.600. The molecule has 0 radical (unpaired) electrons. The number of hydrogen-bond acceptors (Lipinski definition) is 0. The standard InChI is InChI=1S/C20H25F5/c1-2-3-4-5-14-6-8-15(9-7-14)10-11-16-12-17(21)19(18(22)13-16)20(23,24)25/h2-3,12-15H,4-11H2,1H3. The van der Waals surface area contributed by atoms with E-state index in [1.54, 1.807) is 0 Å². The van der Waals surface area contributed by atoms with E-state index in [0.29, 0.717) is 17.9 Å². The summed E-state index contributed by atoms with van der Waals surface area (Å²) in [5.74, 6) is -1.80. The van der Waals surface area contributed by atoms with E-state index in [1.165, 1.54) is 6.42 Å². The predicted molar refractivity (Wildman–Crippen MR) is 89.2 cm³/mol. The number of halogens is 5.